The summed E-state index contributed by atoms with van der Waals surface area (Å²) >= 11 is 0. The maximum Gasteiger partial charge on any atom is 0.119 e. The predicted molar refractivity (Wildman–Crippen MR) is 68.4 cm³/mol. The standard InChI is InChI=1S/C14H21NO2/c1-10(2)17-13-6-4-12(5-7-13)14-9-16-8-11(3)15-14/h4-7,10-11,14-15H,8-9H2,1-3H3. The molecule has 0 aromatic heterocycles. The first-order valence-electron chi connectivity index (χ1n) is 6.25. The largest absolute Gasteiger partial charge is 0.491 e. The van der Waals surface area contributed by atoms with E-state index in [0.29, 0.717) is 12.1 Å². The van der Waals surface area contributed by atoms with Crippen molar-refractivity contribution in [3.63, 3.8) is 0 Å². The molecular weight excluding hydrogens is 214 g/mol. The molecule has 0 bridgehead atoms. The minimum atomic E-state index is 0.219. The third-order valence-electron chi connectivity index (χ3n) is 2.79. The molecule has 1 saturated heterocycles. The fraction of sp³-hybridized carbons (Fsp3) is 0.571. The van der Waals surface area contributed by atoms with Crippen molar-refractivity contribution in [2.75, 3.05) is 13.2 Å². The van der Waals surface area contributed by atoms with Crippen LogP contribution in [-0.2, 0) is 4.74 Å². The molecule has 94 valence electrons. The van der Waals surface area contributed by atoms with Gasteiger partial charge in [-0.15, -0.1) is 0 Å². The quantitative estimate of drug-likeness (QED) is 0.873. The van der Waals surface area contributed by atoms with Gasteiger partial charge in [-0.2, -0.15) is 0 Å². The van der Waals surface area contributed by atoms with Crippen molar-refractivity contribution >= 4 is 0 Å². The number of hydrogen-bond acceptors (Lipinski definition) is 3. The van der Waals surface area contributed by atoms with Gasteiger partial charge in [-0.3, -0.25) is 0 Å². The molecule has 1 aromatic carbocycles. The summed E-state index contributed by atoms with van der Waals surface area (Å²) < 4.78 is 11.2. The van der Waals surface area contributed by atoms with Crippen molar-refractivity contribution in [2.45, 2.75) is 39.0 Å². The van der Waals surface area contributed by atoms with Crippen LogP contribution in [0.4, 0.5) is 0 Å². The summed E-state index contributed by atoms with van der Waals surface area (Å²) in [6.45, 7) is 7.75. The van der Waals surface area contributed by atoms with E-state index in [2.05, 4.69) is 24.4 Å². The maximum atomic E-state index is 5.63. The van der Waals surface area contributed by atoms with Crippen LogP contribution in [0.5, 0.6) is 5.75 Å². The van der Waals surface area contributed by atoms with Crippen LogP contribution in [0, 0.1) is 0 Å². The second-order valence-corrected chi connectivity index (χ2v) is 4.89. The van der Waals surface area contributed by atoms with Gasteiger partial charge in [-0.25, -0.2) is 0 Å². The van der Waals surface area contributed by atoms with E-state index in [1.165, 1.54) is 5.56 Å². The van der Waals surface area contributed by atoms with Crippen molar-refractivity contribution in [3.05, 3.63) is 29.8 Å². The number of morpholine rings is 1. The summed E-state index contributed by atoms with van der Waals surface area (Å²) in [5.41, 5.74) is 1.26. The first-order chi connectivity index (χ1) is 8.15. The smallest absolute Gasteiger partial charge is 0.119 e. The van der Waals surface area contributed by atoms with E-state index in [1.807, 2.05) is 26.0 Å². The second-order valence-electron chi connectivity index (χ2n) is 4.89. The summed E-state index contributed by atoms with van der Waals surface area (Å²) in [6, 6.07) is 8.98. The third-order valence-corrected chi connectivity index (χ3v) is 2.79. The fourth-order valence-electron chi connectivity index (χ4n) is 2.05. The first kappa shape index (κ1) is 12.4. The molecule has 0 spiro atoms. The lowest BCUT2D eigenvalue weighted by Gasteiger charge is -2.29. The molecule has 1 aromatic rings. The Balaban J connectivity index is 2.01. The zero-order valence-electron chi connectivity index (χ0n) is 10.8. The first-order valence-corrected chi connectivity index (χ1v) is 6.25. The lowest BCUT2D eigenvalue weighted by Crippen LogP contribution is -2.41. The van der Waals surface area contributed by atoms with Crippen LogP contribution in [0.25, 0.3) is 0 Å². The predicted octanol–water partition coefficient (Wildman–Crippen LogP) is 2.52. The average molecular weight is 235 g/mol. The minimum Gasteiger partial charge on any atom is -0.491 e. The molecule has 2 atom stereocenters. The van der Waals surface area contributed by atoms with Gasteiger partial charge in [0, 0.05) is 6.04 Å². The van der Waals surface area contributed by atoms with Gasteiger partial charge in [-0.1, -0.05) is 12.1 Å². The Morgan fingerprint density at radius 3 is 2.53 bits per heavy atom. The fourth-order valence-corrected chi connectivity index (χ4v) is 2.05. The van der Waals surface area contributed by atoms with Crippen LogP contribution in [0.15, 0.2) is 24.3 Å². The highest BCUT2D eigenvalue weighted by atomic mass is 16.5. The highest BCUT2D eigenvalue weighted by Gasteiger charge is 2.19. The van der Waals surface area contributed by atoms with Crippen LogP contribution in [-0.4, -0.2) is 25.4 Å². The molecule has 1 fully saturated rings. The SMILES string of the molecule is CC1COCC(c2ccc(OC(C)C)cc2)N1. The molecule has 17 heavy (non-hydrogen) atoms. The summed E-state index contributed by atoms with van der Waals surface area (Å²) in [7, 11) is 0. The number of ether oxygens (including phenoxy) is 2. The minimum absolute atomic E-state index is 0.219. The van der Waals surface area contributed by atoms with Crippen molar-refractivity contribution in [2.24, 2.45) is 0 Å². The van der Waals surface area contributed by atoms with E-state index in [-0.39, 0.29) is 6.10 Å². The monoisotopic (exact) mass is 235 g/mol. The van der Waals surface area contributed by atoms with Crippen molar-refractivity contribution < 1.29 is 9.47 Å². The Kier molecular flexibility index (Phi) is 4.02. The Morgan fingerprint density at radius 2 is 1.94 bits per heavy atom. The Bertz CT molecular complexity index is 348. The summed E-state index contributed by atoms with van der Waals surface area (Å²) in [6.07, 6.45) is 0.219. The van der Waals surface area contributed by atoms with E-state index < -0.39 is 0 Å². The highest BCUT2D eigenvalue weighted by Crippen LogP contribution is 2.21. The van der Waals surface area contributed by atoms with Gasteiger partial charge < -0.3 is 14.8 Å². The Morgan fingerprint density at radius 1 is 1.24 bits per heavy atom. The van der Waals surface area contributed by atoms with Crippen molar-refractivity contribution in [1.82, 2.24) is 5.32 Å². The number of benzene rings is 1. The van der Waals surface area contributed by atoms with Gasteiger partial charge in [0.2, 0.25) is 0 Å². The van der Waals surface area contributed by atoms with Crippen LogP contribution in [0.2, 0.25) is 0 Å². The van der Waals surface area contributed by atoms with Crippen LogP contribution >= 0.6 is 0 Å². The van der Waals surface area contributed by atoms with Crippen molar-refractivity contribution in [1.29, 1.82) is 0 Å². The number of rotatable bonds is 3. The van der Waals surface area contributed by atoms with Gasteiger partial charge in [0.25, 0.3) is 0 Å². The molecule has 0 radical (unpaired) electrons. The van der Waals surface area contributed by atoms with Crippen LogP contribution in [0.3, 0.4) is 0 Å². The topological polar surface area (TPSA) is 30.5 Å². The molecule has 1 N–H and O–H groups in total. The second kappa shape index (κ2) is 5.52. The number of hydrogen-bond donors (Lipinski definition) is 1. The molecule has 2 rings (SSSR count). The Labute approximate surface area is 103 Å². The van der Waals surface area contributed by atoms with E-state index in [0.717, 1.165) is 19.0 Å². The summed E-state index contributed by atoms with van der Waals surface area (Å²) in [4.78, 5) is 0. The summed E-state index contributed by atoms with van der Waals surface area (Å²) in [5.74, 6) is 0.925. The van der Waals surface area contributed by atoms with E-state index in [4.69, 9.17) is 9.47 Å². The highest BCUT2D eigenvalue weighted by molar-refractivity contribution is 5.29. The van der Waals surface area contributed by atoms with Gasteiger partial charge in [-0.05, 0) is 38.5 Å². The van der Waals surface area contributed by atoms with Crippen LogP contribution in [0.1, 0.15) is 32.4 Å². The van der Waals surface area contributed by atoms with E-state index >= 15 is 0 Å². The molecule has 1 heterocycles. The van der Waals surface area contributed by atoms with Gasteiger partial charge in [0.15, 0.2) is 0 Å². The number of nitrogens with one attached hydrogen (secondary N) is 1. The molecular formula is C14H21NO2. The van der Waals surface area contributed by atoms with Gasteiger partial charge in [0.05, 0.1) is 25.4 Å². The van der Waals surface area contributed by atoms with E-state index in [1.54, 1.807) is 0 Å². The molecule has 0 aliphatic carbocycles. The zero-order valence-corrected chi connectivity index (χ0v) is 10.8. The lowest BCUT2D eigenvalue weighted by atomic mass is 10.1. The molecule has 3 heteroatoms. The molecule has 1 aliphatic rings. The lowest BCUT2D eigenvalue weighted by molar-refractivity contribution is 0.0503. The molecule has 0 saturated carbocycles. The van der Waals surface area contributed by atoms with E-state index in [9.17, 15) is 0 Å². The molecule has 3 nitrogen and oxygen atoms in total. The molecule has 1 aliphatic heterocycles. The molecule has 0 amide bonds. The summed E-state index contributed by atoms with van der Waals surface area (Å²) in [5, 5.41) is 3.53. The molecule has 2 unspecified atom stereocenters. The van der Waals surface area contributed by atoms with Crippen molar-refractivity contribution in [3.8, 4) is 5.75 Å². The van der Waals surface area contributed by atoms with Gasteiger partial charge >= 0.3 is 0 Å². The third kappa shape index (κ3) is 3.45. The maximum absolute atomic E-state index is 5.63. The zero-order chi connectivity index (χ0) is 12.3. The average Bonchev–Trinajstić information content (AvgIpc) is 2.29. The van der Waals surface area contributed by atoms with Gasteiger partial charge in [0.1, 0.15) is 5.75 Å². The van der Waals surface area contributed by atoms with Crippen LogP contribution < -0.4 is 10.1 Å². The normalized spacial score (nSPS) is 24.9. The Hall–Kier alpha value is -1.06.